The minimum Gasteiger partial charge on any atom is -0.481 e. The van der Waals surface area contributed by atoms with E-state index >= 15 is 0 Å². The normalized spacial score (nSPS) is 18.7. The van der Waals surface area contributed by atoms with Gasteiger partial charge >= 0.3 is 17.9 Å². The monoisotopic (exact) mass is 530 g/mol. The van der Waals surface area contributed by atoms with Crippen LogP contribution in [0.5, 0.6) is 0 Å². The molecule has 212 valence electrons. The Morgan fingerprint density at radius 1 is 0.946 bits per heavy atom. The number of carbonyl (C=O) groups excluding carboxylic acids is 3. The number of carboxylic acid groups (broad SMARTS) is 2. The summed E-state index contributed by atoms with van der Waals surface area (Å²) in [7, 11) is 11.2. The Labute approximate surface area is 219 Å². The Hall–Kier alpha value is -2.37. The topological polar surface area (TPSA) is 144 Å². The average molecular weight is 531 g/mol. The van der Waals surface area contributed by atoms with Crippen LogP contribution in [-0.2, 0) is 33.4 Å². The Balaban J connectivity index is 2.77. The van der Waals surface area contributed by atoms with E-state index in [1.165, 1.54) is 0 Å². The summed E-state index contributed by atoms with van der Waals surface area (Å²) in [5.74, 6) is -4.20. The third-order valence-corrected chi connectivity index (χ3v) is 6.43. The van der Waals surface area contributed by atoms with E-state index in [0.717, 1.165) is 0 Å². The molecule has 2 unspecified atom stereocenters. The van der Waals surface area contributed by atoms with Crippen LogP contribution < -0.4 is 0 Å². The van der Waals surface area contributed by atoms with Gasteiger partial charge in [-0.2, -0.15) is 0 Å². The van der Waals surface area contributed by atoms with E-state index in [4.69, 9.17) is 14.6 Å². The van der Waals surface area contributed by atoms with Gasteiger partial charge in [0.2, 0.25) is 5.41 Å². The summed E-state index contributed by atoms with van der Waals surface area (Å²) >= 11 is 0. The minimum absolute atomic E-state index is 0.0210. The predicted octanol–water partition coefficient (Wildman–Crippen LogP) is 1.51. The molecule has 0 aromatic heterocycles. The number of carboxylic acids is 2. The first-order chi connectivity index (χ1) is 16.8. The Morgan fingerprint density at radius 2 is 1.51 bits per heavy atom. The fraction of sp³-hybridized carbons (Fsp3) is 0.808. The van der Waals surface area contributed by atoms with Crippen molar-refractivity contribution in [2.45, 2.75) is 70.0 Å². The van der Waals surface area contributed by atoms with Gasteiger partial charge in [-0.15, -0.1) is 0 Å². The molecular formula is C26H46N2O9+2. The average Bonchev–Trinajstić information content (AvgIpc) is 2.67. The molecule has 0 radical (unpaired) electrons. The zero-order chi connectivity index (χ0) is 28.7. The number of esters is 1. The van der Waals surface area contributed by atoms with Crippen molar-refractivity contribution in [3.8, 4) is 0 Å². The van der Waals surface area contributed by atoms with E-state index in [0.29, 0.717) is 41.2 Å². The van der Waals surface area contributed by atoms with Gasteiger partial charge in [-0.05, 0) is 26.2 Å². The lowest BCUT2D eigenvalue weighted by atomic mass is 9.61. The van der Waals surface area contributed by atoms with E-state index < -0.39 is 46.6 Å². The first-order valence-electron chi connectivity index (χ1n) is 12.8. The summed E-state index contributed by atoms with van der Waals surface area (Å²) in [6.45, 7) is 2.17. The van der Waals surface area contributed by atoms with Crippen molar-refractivity contribution < 1.29 is 52.6 Å². The number of hydrogen-bond acceptors (Lipinski definition) is 7. The standard InChI is InChI=1S/C26H44N2O9/c1-25(18-28(5,6)7,26(24(34)35)20(29)12-11-13-21(26)30)36-15-10-8-9-14-23(33)37-19(16-22(31)32)17-27(2,3)4/h19H,8-18H2,1-7H3/p+2. The van der Waals surface area contributed by atoms with E-state index in [-0.39, 0.29) is 38.8 Å². The van der Waals surface area contributed by atoms with Crippen molar-refractivity contribution in [1.82, 2.24) is 0 Å². The van der Waals surface area contributed by atoms with Crippen molar-refractivity contribution in [3.05, 3.63) is 0 Å². The van der Waals surface area contributed by atoms with Crippen LogP contribution in [0.4, 0.5) is 0 Å². The summed E-state index contributed by atoms with van der Waals surface area (Å²) in [5, 5.41) is 19.2. The maximum atomic E-state index is 13.0. The van der Waals surface area contributed by atoms with Crippen LogP contribution in [0.3, 0.4) is 0 Å². The Bertz CT molecular complexity index is 841. The molecule has 0 spiro atoms. The first kappa shape index (κ1) is 32.7. The number of hydrogen-bond donors (Lipinski definition) is 2. The van der Waals surface area contributed by atoms with Gasteiger partial charge in [0.05, 0.1) is 48.7 Å². The molecule has 0 amide bonds. The van der Waals surface area contributed by atoms with Gasteiger partial charge in [-0.25, -0.2) is 0 Å². The molecule has 11 heteroatoms. The van der Waals surface area contributed by atoms with Crippen molar-refractivity contribution in [2.75, 3.05) is 62.0 Å². The van der Waals surface area contributed by atoms with Crippen molar-refractivity contribution in [3.63, 3.8) is 0 Å². The van der Waals surface area contributed by atoms with E-state index in [2.05, 4.69) is 0 Å². The van der Waals surface area contributed by atoms with Crippen LogP contribution in [0.15, 0.2) is 0 Å². The molecule has 0 saturated heterocycles. The number of ketones is 2. The van der Waals surface area contributed by atoms with Crippen LogP contribution in [0.25, 0.3) is 0 Å². The molecule has 0 aromatic carbocycles. The third kappa shape index (κ3) is 9.46. The molecule has 1 saturated carbocycles. The second-order valence-corrected chi connectivity index (χ2v) is 12.3. The molecule has 2 atom stereocenters. The maximum absolute atomic E-state index is 13.0. The Kier molecular flexibility index (Phi) is 11.4. The summed E-state index contributed by atoms with van der Waals surface area (Å²) in [6.07, 6.45) is 1.03. The molecule has 2 N–H and O–H groups in total. The number of rotatable bonds is 16. The van der Waals surface area contributed by atoms with Crippen LogP contribution in [0, 0.1) is 5.41 Å². The summed E-state index contributed by atoms with van der Waals surface area (Å²) in [6, 6.07) is 0. The fourth-order valence-corrected chi connectivity index (χ4v) is 5.21. The first-order valence-corrected chi connectivity index (χ1v) is 12.8. The quantitative estimate of drug-likeness (QED) is 0.131. The number of Topliss-reactive ketones (excluding diaryl/α,β-unsaturated/α-hetero) is 2. The lowest BCUT2D eigenvalue weighted by Crippen LogP contribution is -2.68. The Morgan fingerprint density at radius 3 is 1.97 bits per heavy atom. The fourth-order valence-electron chi connectivity index (χ4n) is 5.21. The minimum atomic E-state index is -2.24. The second-order valence-electron chi connectivity index (χ2n) is 12.3. The van der Waals surface area contributed by atoms with Crippen LogP contribution in [-0.4, -0.2) is 122 Å². The summed E-state index contributed by atoms with van der Waals surface area (Å²) in [4.78, 5) is 61.8. The molecule has 1 aliphatic rings. The lowest BCUT2D eigenvalue weighted by Gasteiger charge is -2.47. The van der Waals surface area contributed by atoms with Crippen LogP contribution in [0.1, 0.15) is 58.3 Å². The zero-order valence-corrected chi connectivity index (χ0v) is 23.5. The summed E-state index contributed by atoms with van der Waals surface area (Å²) < 4.78 is 12.2. The molecule has 1 rings (SSSR count). The highest BCUT2D eigenvalue weighted by Crippen LogP contribution is 2.43. The number of unbranched alkanes of at least 4 members (excludes halogenated alkanes) is 2. The zero-order valence-electron chi connectivity index (χ0n) is 23.5. The molecule has 0 aromatic rings. The molecule has 11 nitrogen and oxygen atoms in total. The number of ether oxygens (including phenoxy) is 2. The smallest absolute Gasteiger partial charge is 0.328 e. The van der Waals surface area contributed by atoms with E-state index in [1.54, 1.807) is 6.92 Å². The number of nitrogens with zero attached hydrogens (tertiary/aromatic N) is 2. The molecule has 0 heterocycles. The van der Waals surface area contributed by atoms with Gasteiger partial charge in [-0.1, -0.05) is 6.42 Å². The van der Waals surface area contributed by atoms with E-state index in [9.17, 15) is 29.1 Å². The van der Waals surface area contributed by atoms with Crippen molar-refractivity contribution in [2.24, 2.45) is 5.41 Å². The lowest BCUT2D eigenvalue weighted by molar-refractivity contribution is -0.877. The number of carbonyl (C=O) groups is 5. The van der Waals surface area contributed by atoms with Crippen LogP contribution in [0.2, 0.25) is 0 Å². The molecule has 0 aliphatic heterocycles. The second kappa shape index (κ2) is 12.9. The largest absolute Gasteiger partial charge is 0.481 e. The van der Waals surface area contributed by atoms with Crippen molar-refractivity contribution >= 4 is 29.5 Å². The number of aliphatic carboxylic acids is 2. The molecule has 37 heavy (non-hydrogen) atoms. The van der Waals surface area contributed by atoms with Gasteiger partial charge in [0.25, 0.3) is 0 Å². The molecular weight excluding hydrogens is 484 g/mol. The highest BCUT2D eigenvalue weighted by atomic mass is 16.5. The van der Waals surface area contributed by atoms with Gasteiger partial charge in [-0.3, -0.25) is 24.0 Å². The molecule has 0 bridgehead atoms. The molecule has 1 fully saturated rings. The maximum Gasteiger partial charge on any atom is 0.328 e. The van der Waals surface area contributed by atoms with Gasteiger partial charge < -0.3 is 28.7 Å². The van der Waals surface area contributed by atoms with E-state index in [1.807, 2.05) is 42.3 Å². The predicted molar refractivity (Wildman–Crippen MR) is 135 cm³/mol. The third-order valence-electron chi connectivity index (χ3n) is 6.43. The number of quaternary nitrogens is 2. The SMILES string of the molecule is CC(C[N+](C)(C)C)(OCCCCCC(=O)OC(CC(=O)O)C[N+](C)(C)C)C1(C(=O)O)C(=O)CCCC1=O. The highest BCUT2D eigenvalue weighted by Gasteiger charge is 2.67. The molecule has 1 aliphatic carbocycles. The highest BCUT2D eigenvalue weighted by molar-refractivity contribution is 6.24. The van der Waals surface area contributed by atoms with Gasteiger partial charge in [0.1, 0.15) is 18.7 Å². The van der Waals surface area contributed by atoms with Gasteiger partial charge in [0, 0.05) is 25.9 Å². The van der Waals surface area contributed by atoms with Gasteiger partial charge in [0.15, 0.2) is 17.7 Å². The summed E-state index contributed by atoms with van der Waals surface area (Å²) in [5.41, 5.74) is -3.79. The van der Waals surface area contributed by atoms with Crippen molar-refractivity contribution in [1.29, 1.82) is 0 Å². The number of likely N-dealkylation sites (N-methyl/N-ethyl adjacent to an activating group) is 2. The van der Waals surface area contributed by atoms with Crippen LogP contribution >= 0.6 is 0 Å².